The van der Waals surface area contributed by atoms with Gasteiger partial charge in [0.2, 0.25) is 5.89 Å². The fourth-order valence-corrected chi connectivity index (χ4v) is 4.43. The number of amides is 1. The molecular formula is C28H29N5O4. The summed E-state index contributed by atoms with van der Waals surface area (Å²) in [5.74, 6) is 1.93. The molecule has 0 saturated heterocycles. The Bertz CT molecular complexity index is 1330. The average Bonchev–Trinajstić information content (AvgIpc) is 3.70. The van der Waals surface area contributed by atoms with Crippen molar-refractivity contribution in [2.24, 2.45) is 5.10 Å². The van der Waals surface area contributed by atoms with Crippen molar-refractivity contribution in [1.82, 2.24) is 20.1 Å². The Morgan fingerprint density at radius 1 is 1.08 bits per heavy atom. The topological polar surface area (TPSA) is 97.2 Å². The van der Waals surface area contributed by atoms with Crippen molar-refractivity contribution in [2.45, 2.75) is 32.4 Å². The van der Waals surface area contributed by atoms with Gasteiger partial charge in [-0.3, -0.25) is 9.69 Å². The highest BCUT2D eigenvalue weighted by Crippen LogP contribution is 2.34. The standard InChI is InChI=1S/C28H29N5O4/c1-3-15-32(18-26-29-30-28(37-26)25-10-7-16-36-25)19-27(34)33-24(21-11-13-22(35-2)14-12-21)17-23(31-33)20-8-5-4-6-9-20/h4-14,16,24H,3,15,17-19H2,1-2H3/t24-/m1/s1. The van der Waals surface area contributed by atoms with Crippen LogP contribution in [0.2, 0.25) is 0 Å². The zero-order valence-corrected chi connectivity index (χ0v) is 20.9. The number of hydrazone groups is 1. The van der Waals surface area contributed by atoms with Gasteiger partial charge in [-0.05, 0) is 48.4 Å². The summed E-state index contributed by atoms with van der Waals surface area (Å²) < 4.78 is 16.4. The molecule has 0 aliphatic carbocycles. The monoisotopic (exact) mass is 499 g/mol. The number of hydrogen-bond acceptors (Lipinski definition) is 8. The molecule has 0 unspecified atom stereocenters. The smallest absolute Gasteiger partial charge is 0.283 e. The lowest BCUT2D eigenvalue weighted by atomic mass is 9.98. The number of methoxy groups -OCH3 is 1. The summed E-state index contributed by atoms with van der Waals surface area (Å²) in [5.41, 5.74) is 2.90. The number of rotatable bonds is 10. The molecule has 1 aliphatic rings. The largest absolute Gasteiger partial charge is 0.497 e. The molecular weight excluding hydrogens is 470 g/mol. The Morgan fingerprint density at radius 3 is 2.59 bits per heavy atom. The van der Waals surface area contributed by atoms with Gasteiger partial charge < -0.3 is 13.6 Å². The molecule has 1 amide bonds. The van der Waals surface area contributed by atoms with Gasteiger partial charge in [0.05, 0.1) is 38.2 Å². The summed E-state index contributed by atoms with van der Waals surface area (Å²) in [6.07, 6.45) is 3.06. The first-order valence-electron chi connectivity index (χ1n) is 12.3. The third kappa shape index (κ3) is 5.62. The lowest BCUT2D eigenvalue weighted by molar-refractivity contribution is -0.134. The molecule has 2 aromatic heterocycles. The van der Waals surface area contributed by atoms with Crippen LogP contribution in [0.4, 0.5) is 0 Å². The normalized spacial score (nSPS) is 15.3. The van der Waals surface area contributed by atoms with Crippen LogP contribution in [0.3, 0.4) is 0 Å². The van der Waals surface area contributed by atoms with Gasteiger partial charge in [-0.25, -0.2) is 5.01 Å². The second-order valence-corrected chi connectivity index (χ2v) is 8.83. The summed E-state index contributed by atoms with van der Waals surface area (Å²) in [7, 11) is 1.64. The molecule has 3 heterocycles. The van der Waals surface area contributed by atoms with E-state index in [1.807, 2.05) is 59.5 Å². The highest BCUT2D eigenvalue weighted by molar-refractivity contribution is 6.03. The van der Waals surface area contributed by atoms with Crippen LogP contribution in [0.5, 0.6) is 5.75 Å². The van der Waals surface area contributed by atoms with Gasteiger partial charge >= 0.3 is 0 Å². The molecule has 9 heteroatoms. The van der Waals surface area contributed by atoms with Crippen LogP contribution in [-0.4, -0.2) is 51.9 Å². The first kappa shape index (κ1) is 24.5. The van der Waals surface area contributed by atoms with Crippen LogP contribution in [0, 0.1) is 0 Å². The molecule has 190 valence electrons. The summed E-state index contributed by atoms with van der Waals surface area (Å²) in [4.78, 5) is 15.7. The molecule has 5 rings (SSSR count). The van der Waals surface area contributed by atoms with E-state index in [0.29, 0.717) is 37.1 Å². The minimum atomic E-state index is -0.203. The van der Waals surface area contributed by atoms with Gasteiger partial charge in [-0.1, -0.05) is 49.4 Å². The molecule has 0 N–H and O–H groups in total. The van der Waals surface area contributed by atoms with Crippen LogP contribution in [0.1, 0.15) is 42.8 Å². The Hall–Kier alpha value is -4.24. The minimum absolute atomic E-state index is 0.0917. The van der Waals surface area contributed by atoms with E-state index in [4.69, 9.17) is 18.7 Å². The minimum Gasteiger partial charge on any atom is -0.497 e. The number of hydrogen-bond donors (Lipinski definition) is 0. The fourth-order valence-electron chi connectivity index (χ4n) is 4.43. The van der Waals surface area contributed by atoms with Crippen LogP contribution in [-0.2, 0) is 11.3 Å². The maximum atomic E-state index is 13.7. The molecule has 37 heavy (non-hydrogen) atoms. The summed E-state index contributed by atoms with van der Waals surface area (Å²) in [6, 6.07) is 21.1. The molecule has 1 aliphatic heterocycles. The molecule has 0 radical (unpaired) electrons. The maximum Gasteiger partial charge on any atom is 0.283 e. The number of carbonyl (C=O) groups excluding carboxylic acids is 1. The van der Waals surface area contributed by atoms with Crippen molar-refractivity contribution < 1.29 is 18.4 Å². The molecule has 2 aromatic carbocycles. The first-order chi connectivity index (χ1) is 18.1. The lowest BCUT2D eigenvalue weighted by Crippen LogP contribution is -2.38. The summed E-state index contributed by atoms with van der Waals surface area (Å²) in [6.45, 7) is 3.29. The molecule has 0 spiro atoms. The van der Waals surface area contributed by atoms with E-state index in [2.05, 4.69) is 17.1 Å². The number of carbonyl (C=O) groups is 1. The van der Waals surface area contributed by atoms with Crippen LogP contribution in [0.25, 0.3) is 11.7 Å². The van der Waals surface area contributed by atoms with Gasteiger partial charge in [-0.2, -0.15) is 5.10 Å². The summed E-state index contributed by atoms with van der Waals surface area (Å²) in [5, 5.41) is 14.6. The van der Waals surface area contributed by atoms with E-state index in [9.17, 15) is 4.79 Å². The third-order valence-corrected chi connectivity index (χ3v) is 6.23. The fraction of sp³-hybridized carbons (Fsp3) is 0.286. The average molecular weight is 500 g/mol. The highest BCUT2D eigenvalue weighted by Gasteiger charge is 2.34. The number of benzene rings is 2. The van der Waals surface area contributed by atoms with Gasteiger partial charge in [-0.15, -0.1) is 10.2 Å². The van der Waals surface area contributed by atoms with Gasteiger partial charge in [0.25, 0.3) is 11.8 Å². The van der Waals surface area contributed by atoms with Crippen molar-refractivity contribution in [3.63, 3.8) is 0 Å². The first-order valence-corrected chi connectivity index (χ1v) is 12.3. The van der Waals surface area contributed by atoms with Crippen molar-refractivity contribution in [3.05, 3.63) is 90.0 Å². The van der Waals surface area contributed by atoms with Crippen molar-refractivity contribution in [3.8, 4) is 17.4 Å². The number of aromatic nitrogens is 2. The Morgan fingerprint density at radius 2 is 1.89 bits per heavy atom. The van der Waals surface area contributed by atoms with Gasteiger partial charge in [0.1, 0.15) is 5.75 Å². The molecule has 1 atom stereocenters. The van der Waals surface area contributed by atoms with Crippen LogP contribution >= 0.6 is 0 Å². The van der Waals surface area contributed by atoms with E-state index in [1.54, 1.807) is 30.5 Å². The molecule has 0 saturated carbocycles. The van der Waals surface area contributed by atoms with E-state index >= 15 is 0 Å². The zero-order valence-electron chi connectivity index (χ0n) is 20.9. The van der Waals surface area contributed by atoms with Crippen LogP contribution < -0.4 is 4.74 Å². The van der Waals surface area contributed by atoms with Crippen LogP contribution in [0.15, 0.2) is 86.9 Å². The molecule has 0 bridgehead atoms. The van der Waals surface area contributed by atoms with Crippen molar-refractivity contribution in [2.75, 3.05) is 20.2 Å². The van der Waals surface area contributed by atoms with Crippen molar-refractivity contribution in [1.29, 1.82) is 0 Å². The number of ether oxygens (including phenoxy) is 1. The maximum absolute atomic E-state index is 13.7. The molecule has 4 aromatic rings. The van der Waals surface area contributed by atoms with Crippen molar-refractivity contribution >= 4 is 11.6 Å². The number of nitrogens with zero attached hydrogens (tertiary/aromatic N) is 5. The predicted molar refractivity (Wildman–Crippen MR) is 138 cm³/mol. The van der Waals surface area contributed by atoms with E-state index in [1.165, 1.54) is 0 Å². The van der Waals surface area contributed by atoms with E-state index in [0.717, 1.165) is 29.0 Å². The van der Waals surface area contributed by atoms with E-state index < -0.39 is 0 Å². The Labute approximate surface area is 215 Å². The van der Waals surface area contributed by atoms with E-state index in [-0.39, 0.29) is 18.5 Å². The quantitative estimate of drug-likeness (QED) is 0.305. The second kappa shape index (κ2) is 11.2. The zero-order chi connectivity index (χ0) is 25.6. The second-order valence-electron chi connectivity index (χ2n) is 8.83. The molecule has 9 nitrogen and oxygen atoms in total. The highest BCUT2D eigenvalue weighted by atomic mass is 16.5. The van der Waals surface area contributed by atoms with Gasteiger partial charge in [0.15, 0.2) is 5.76 Å². The third-order valence-electron chi connectivity index (χ3n) is 6.23. The number of furan rings is 1. The Kier molecular flexibility index (Phi) is 7.41. The SMILES string of the molecule is CCCN(CC(=O)N1N=C(c2ccccc2)C[C@@H]1c1ccc(OC)cc1)Cc1nnc(-c2ccco2)o1. The molecule has 0 fully saturated rings. The summed E-state index contributed by atoms with van der Waals surface area (Å²) >= 11 is 0. The predicted octanol–water partition coefficient (Wildman–Crippen LogP) is 4.93. The lowest BCUT2D eigenvalue weighted by Gasteiger charge is -2.26. The van der Waals surface area contributed by atoms with Gasteiger partial charge in [0, 0.05) is 6.42 Å². The Balaban J connectivity index is 1.36.